The zero-order valence-corrected chi connectivity index (χ0v) is 47.2. The molecule has 11 aromatic rings. The van der Waals surface area contributed by atoms with E-state index in [1.807, 2.05) is 146 Å². The minimum atomic E-state index is -0.0333. The molecular weight excluding hydrogens is 1570 g/mol. The van der Waals surface area contributed by atoms with Crippen molar-refractivity contribution >= 4 is 54.4 Å². The molecule has 4 radical (unpaired) electrons. The summed E-state index contributed by atoms with van der Waals surface area (Å²) in [5.41, 5.74) is 9.60. The monoisotopic (exact) mass is 1610 g/mol. The van der Waals surface area contributed by atoms with E-state index in [9.17, 15) is 0 Å². The summed E-state index contributed by atoms with van der Waals surface area (Å²) >= 11 is 1.73. The van der Waals surface area contributed by atoms with Gasteiger partial charge >= 0.3 is 0 Å². The van der Waals surface area contributed by atoms with Gasteiger partial charge in [0.1, 0.15) is 0 Å². The normalized spacial score (nSPS) is 11.4. The molecule has 5 heterocycles. The Hall–Kier alpha value is -5.26. The summed E-state index contributed by atoms with van der Waals surface area (Å²) in [6.07, 6.45) is 5.57. The van der Waals surface area contributed by atoms with Crippen LogP contribution in [-0.2, 0) is 85.8 Å². The largest absolute Gasteiger partial charge is 0.304 e. The molecule has 68 heavy (non-hydrogen) atoms. The van der Waals surface area contributed by atoms with E-state index in [0.29, 0.717) is 0 Å². The number of aliphatic imine (C=N–C) groups is 1. The van der Waals surface area contributed by atoms with Gasteiger partial charge in [0, 0.05) is 110 Å². The summed E-state index contributed by atoms with van der Waals surface area (Å²) in [4.78, 5) is 19.1. The minimum absolute atomic E-state index is 0. The van der Waals surface area contributed by atoms with Gasteiger partial charge in [0.15, 0.2) is 0 Å². The van der Waals surface area contributed by atoms with Gasteiger partial charge in [-0.1, -0.05) is 111 Å². The second kappa shape index (κ2) is 25.9. The van der Waals surface area contributed by atoms with E-state index < -0.39 is 0 Å². The molecular formula is C59H42Ir4N4S-4. The Morgan fingerprint density at radius 1 is 0.471 bits per heavy atom. The molecule has 0 bridgehead atoms. The predicted octanol–water partition coefficient (Wildman–Crippen LogP) is 15.1. The molecule has 12 rings (SSSR count). The van der Waals surface area contributed by atoms with Gasteiger partial charge in [-0.05, 0) is 72.0 Å². The average Bonchev–Trinajstić information content (AvgIpc) is 3.93. The summed E-state index contributed by atoms with van der Waals surface area (Å²) in [6, 6.07) is 80.1. The van der Waals surface area contributed by atoms with Crippen LogP contribution in [0.1, 0.15) is 25.0 Å². The Morgan fingerprint density at radius 2 is 1.07 bits per heavy atom. The van der Waals surface area contributed by atoms with Crippen LogP contribution in [-0.4, -0.2) is 20.7 Å². The van der Waals surface area contributed by atoms with Crippen molar-refractivity contribution in [2.24, 2.45) is 4.99 Å². The van der Waals surface area contributed by atoms with Gasteiger partial charge in [0.05, 0.1) is 5.69 Å². The Morgan fingerprint density at radius 3 is 1.75 bits per heavy atom. The summed E-state index contributed by atoms with van der Waals surface area (Å²) in [5, 5.41) is 5.94. The Kier molecular flexibility index (Phi) is 20.5. The SMILES string of the molecule is CC1(C)C(c2[c-]cccc2)=Nc2ccccc21.[Ir].[Ir].[Ir].[Ir].[c-]1c(-c2ccccn2)sc2ccccc12.[c-]1ccccc1-c1cc2ccccc2cn1.[c-]1ccccc1-c1nccc2ccccc12. The topological polar surface area (TPSA) is 51.0 Å². The van der Waals surface area contributed by atoms with Crippen LogP contribution < -0.4 is 0 Å². The molecule has 0 fully saturated rings. The third-order valence-electron chi connectivity index (χ3n) is 10.9. The van der Waals surface area contributed by atoms with E-state index in [0.717, 1.165) is 50.0 Å². The second-order valence-electron chi connectivity index (χ2n) is 15.5. The van der Waals surface area contributed by atoms with E-state index in [2.05, 4.69) is 126 Å². The van der Waals surface area contributed by atoms with E-state index >= 15 is 0 Å². The molecule has 0 aliphatic carbocycles. The fourth-order valence-electron chi connectivity index (χ4n) is 7.61. The van der Waals surface area contributed by atoms with Gasteiger partial charge < -0.3 is 15.0 Å². The van der Waals surface area contributed by atoms with Crippen molar-refractivity contribution in [1.29, 1.82) is 0 Å². The van der Waals surface area contributed by atoms with Crippen LogP contribution in [0.5, 0.6) is 0 Å². The second-order valence-corrected chi connectivity index (χ2v) is 16.5. The first-order chi connectivity index (χ1) is 31.5. The van der Waals surface area contributed by atoms with E-state index in [4.69, 9.17) is 4.99 Å². The fraction of sp³-hybridized carbons (Fsp3) is 0.0508. The Labute approximate surface area is 456 Å². The number of hydrogen-bond donors (Lipinski definition) is 0. The molecule has 0 N–H and O–H groups in total. The van der Waals surface area contributed by atoms with Crippen LogP contribution in [0.25, 0.3) is 64.7 Å². The first-order valence-corrected chi connectivity index (χ1v) is 21.9. The fourth-order valence-corrected chi connectivity index (χ4v) is 8.60. The molecule has 1 aliphatic heterocycles. The number of pyridine rings is 3. The molecule has 0 unspecified atom stereocenters. The summed E-state index contributed by atoms with van der Waals surface area (Å²) in [7, 11) is 0. The molecule has 4 nitrogen and oxygen atoms in total. The molecule has 0 saturated heterocycles. The van der Waals surface area contributed by atoms with Crippen molar-refractivity contribution in [3.63, 3.8) is 0 Å². The van der Waals surface area contributed by atoms with Crippen LogP contribution >= 0.6 is 11.3 Å². The van der Waals surface area contributed by atoms with Crippen molar-refractivity contribution in [3.05, 3.63) is 254 Å². The number of para-hydroxylation sites is 1. The van der Waals surface area contributed by atoms with Crippen molar-refractivity contribution in [3.8, 4) is 33.1 Å². The van der Waals surface area contributed by atoms with E-state index in [-0.39, 0.29) is 85.8 Å². The van der Waals surface area contributed by atoms with Crippen LogP contribution in [0.3, 0.4) is 0 Å². The molecule has 0 amide bonds. The van der Waals surface area contributed by atoms with Crippen molar-refractivity contribution in [1.82, 2.24) is 15.0 Å². The van der Waals surface area contributed by atoms with Gasteiger partial charge in [-0.15, -0.1) is 131 Å². The minimum Gasteiger partial charge on any atom is -0.304 e. The molecule has 9 heteroatoms. The van der Waals surface area contributed by atoms with Crippen molar-refractivity contribution in [2.75, 3.05) is 0 Å². The number of rotatable bonds is 4. The quantitative estimate of drug-likeness (QED) is 0.165. The smallest absolute Gasteiger partial charge is 0.0553 e. The zero-order chi connectivity index (χ0) is 43.6. The molecule has 0 atom stereocenters. The first-order valence-electron chi connectivity index (χ1n) is 21.1. The standard InChI is InChI=1S/C16H14N.2C15H10N.C13H8NS.4Ir/c1-16(2)13-10-6-7-11-14(13)17-15(16)12-8-4-3-5-9-12;1-2-7-13(8-3-1)15-14-9-5-4-6-12(14)10-11-16-15;1-2-6-12(7-3-1)15-10-13-8-4-5-9-14(13)11-16-15;1-2-7-12-10(5-1)9-13(15-12)11-6-3-4-8-14-11;;;;/h3-8,10-11H,1-2H3;1-7,9-11H;1-6,8-11H;1-8H;;;;/q4*-1;;;;. The van der Waals surface area contributed by atoms with Gasteiger partial charge in [-0.25, -0.2) is 11.3 Å². The first kappa shape index (κ1) is 53.7. The number of benzene rings is 7. The summed E-state index contributed by atoms with van der Waals surface area (Å²) < 4.78 is 1.26. The van der Waals surface area contributed by atoms with E-state index in [1.54, 1.807) is 11.3 Å². The number of hydrogen-bond acceptors (Lipinski definition) is 5. The maximum atomic E-state index is 4.76. The average molecular weight is 1610 g/mol. The molecule has 4 aromatic heterocycles. The maximum absolute atomic E-state index is 4.76. The van der Waals surface area contributed by atoms with E-state index in [1.165, 1.54) is 37.2 Å². The zero-order valence-electron chi connectivity index (χ0n) is 36.8. The Balaban J connectivity index is 0.000000166. The molecule has 7 aromatic carbocycles. The third-order valence-corrected chi connectivity index (χ3v) is 12.0. The molecule has 0 saturated carbocycles. The van der Waals surface area contributed by atoms with Crippen LogP contribution in [0.15, 0.2) is 224 Å². The van der Waals surface area contributed by atoms with Gasteiger partial charge in [-0.2, -0.15) is 0 Å². The van der Waals surface area contributed by atoms with Crippen molar-refractivity contribution < 1.29 is 80.4 Å². The maximum Gasteiger partial charge on any atom is 0.0553 e. The number of nitrogens with zero attached hydrogens (tertiary/aromatic N) is 4. The van der Waals surface area contributed by atoms with Crippen LogP contribution in [0, 0.1) is 24.3 Å². The van der Waals surface area contributed by atoms with Crippen LogP contribution in [0.2, 0.25) is 0 Å². The molecule has 344 valence electrons. The molecule has 1 aliphatic rings. The molecule has 0 spiro atoms. The predicted molar refractivity (Wildman–Crippen MR) is 267 cm³/mol. The van der Waals surface area contributed by atoms with Gasteiger partial charge in [0.25, 0.3) is 0 Å². The van der Waals surface area contributed by atoms with Gasteiger partial charge in [0.2, 0.25) is 0 Å². The number of fused-ring (bicyclic) bond motifs is 4. The van der Waals surface area contributed by atoms with Gasteiger partial charge in [-0.3, -0.25) is 4.99 Å². The Bertz CT molecular complexity index is 3270. The van der Waals surface area contributed by atoms with Crippen molar-refractivity contribution in [2.45, 2.75) is 19.3 Å². The summed E-state index contributed by atoms with van der Waals surface area (Å²) in [5.74, 6) is 0. The summed E-state index contributed by atoms with van der Waals surface area (Å²) in [6.45, 7) is 4.44. The number of aromatic nitrogens is 3. The third kappa shape index (κ3) is 12.9. The van der Waals surface area contributed by atoms with Crippen LogP contribution in [0.4, 0.5) is 5.69 Å². The number of thiophene rings is 1.